The molecular formula is C33H47NO4. The Morgan fingerprint density at radius 3 is 2.26 bits per heavy atom. The minimum absolute atomic E-state index is 0.0905. The number of ketones is 2. The van der Waals surface area contributed by atoms with Crippen LogP contribution in [-0.4, -0.2) is 24.1 Å². The lowest BCUT2D eigenvalue weighted by Crippen LogP contribution is -2.69. The molecule has 0 spiro atoms. The smallest absolute Gasteiger partial charge is 0.302 e. The van der Waals surface area contributed by atoms with E-state index in [1.165, 1.54) is 6.92 Å². The van der Waals surface area contributed by atoms with E-state index < -0.39 is 5.41 Å². The molecule has 208 valence electrons. The predicted octanol–water partition coefficient (Wildman–Crippen LogP) is 6.70. The lowest BCUT2D eigenvalue weighted by molar-refractivity contribution is -0.233. The van der Waals surface area contributed by atoms with E-state index in [-0.39, 0.29) is 74.2 Å². The number of carbonyl (C=O) groups is 3. The first kappa shape index (κ1) is 27.6. The van der Waals surface area contributed by atoms with E-state index in [9.17, 15) is 19.6 Å². The second-order valence-corrected chi connectivity index (χ2v) is 15.7. The van der Waals surface area contributed by atoms with E-state index in [4.69, 9.17) is 4.74 Å². The highest BCUT2D eigenvalue weighted by molar-refractivity contribution is 5.96. The Balaban J connectivity index is 1.63. The topological polar surface area (TPSA) is 84.2 Å². The van der Waals surface area contributed by atoms with Crippen LogP contribution in [0.1, 0.15) is 100 Å². The molecule has 4 saturated carbocycles. The molecule has 5 nitrogen and oxygen atoms in total. The summed E-state index contributed by atoms with van der Waals surface area (Å²) in [5.74, 6) is -0.0451. The fourth-order valence-electron chi connectivity index (χ4n) is 10.9. The fraction of sp³-hybridized carbons (Fsp3) is 0.818. The van der Waals surface area contributed by atoms with Gasteiger partial charge in [0.2, 0.25) is 0 Å². The van der Waals surface area contributed by atoms with Gasteiger partial charge in [0.15, 0.2) is 5.78 Å². The summed E-state index contributed by atoms with van der Waals surface area (Å²) in [4.78, 5) is 39.4. The van der Waals surface area contributed by atoms with Gasteiger partial charge < -0.3 is 4.74 Å². The lowest BCUT2D eigenvalue weighted by atomic mass is 9.31. The van der Waals surface area contributed by atoms with Crippen molar-refractivity contribution in [3.8, 4) is 6.07 Å². The summed E-state index contributed by atoms with van der Waals surface area (Å²) in [7, 11) is 0. The Kier molecular flexibility index (Phi) is 6.01. The van der Waals surface area contributed by atoms with E-state index in [1.807, 2.05) is 0 Å². The first-order valence-corrected chi connectivity index (χ1v) is 14.8. The molecule has 4 fully saturated rings. The van der Waals surface area contributed by atoms with Gasteiger partial charge in [-0.2, -0.15) is 5.26 Å². The van der Waals surface area contributed by atoms with Gasteiger partial charge in [-0.25, -0.2) is 0 Å². The average molecular weight is 522 g/mol. The van der Waals surface area contributed by atoms with Crippen molar-refractivity contribution < 1.29 is 19.1 Å². The molecule has 0 radical (unpaired) electrons. The molecule has 0 aromatic heterocycles. The van der Waals surface area contributed by atoms with Gasteiger partial charge in [0.05, 0.1) is 18.6 Å². The van der Waals surface area contributed by atoms with Gasteiger partial charge in [0, 0.05) is 30.1 Å². The summed E-state index contributed by atoms with van der Waals surface area (Å²) in [6, 6.07) is 2.69. The molecule has 5 heteroatoms. The number of allylic oxidation sites excluding steroid dienone is 2. The molecule has 0 saturated heterocycles. The van der Waals surface area contributed by atoms with Crippen LogP contribution in [0, 0.1) is 73.4 Å². The van der Waals surface area contributed by atoms with Crippen molar-refractivity contribution >= 4 is 17.5 Å². The summed E-state index contributed by atoms with van der Waals surface area (Å²) >= 11 is 0. The van der Waals surface area contributed by atoms with Crippen LogP contribution in [0.25, 0.3) is 0 Å². The minimum atomic E-state index is -0.434. The standard InChI is InChI=1S/C33H47NO4/c1-20(35)38-19-33-15-13-28(2,3)21(18-34)26(33)27-22(36)17-24-30(6)11-10-25(37)29(4,5)23(30)9-12-31(24,7)32(27,8)14-16-33/h10-11,21,23-24,26-27H,9,12-17,19H2,1-8H3/t21?,23-,24?,26-,27+,30-,31+,32+,33+/m0/s1. The van der Waals surface area contributed by atoms with E-state index >= 15 is 0 Å². The van der Waals surface area contributed by atoms with Crippen molar-refractivity contribution in [2.24, 2.45) is 62.1 Å². The highest BCUT2D eigenvalue weighted by Gasteiger charge is 2.73. The lowest BCUT2D eigenvalue weighted by Gasteiger charge is -2.72. The van der Waals surface area contributed by atoms with Crippen LogP contribution in [0.4, 0.5) is 0 Å². The Bertz CT molecular complexity index is 1140. The molecule has 5 rings (SSSR count). The van der Waals surface area contributed by atoms with Crippen molar-refractivity contribution in [3.05, 3.63) is 12.2 Å². The molecule has 0 aromatic rings. The van der Waals surface area contributed by atoms with Crippen molar-refractivity contribution in [2.45, 2.75) is 100 Å². The van der Waals surface area contributed by atoms with Crippen LogP contribution in [0.2, 0.25) is 0 Å². The number of rotatable bonds is 2. The fourth-order valence-corrected chi connectivity index (χ4v) is 10.9. The Hall–Kier alpha value is -1.96. The van der Waals surface area contributed by atoms with Crippen LogP contribution in [-0.2, 0) is 19.1 Å². The first-order chi connectivity index (χ1) is 17.5. The van der Waals surface area contributed by atoms with Crippen LogP contribution in [0.15, 0.2) is 12.2 Å². The molecule has 0 N–H and O–H groups in total. The molecule has 5 aliphatic carbocycles. The third-order valence-electron chi connectivity index (χ3n) is 13.4. The first-order valence-electron chi connectivity index (χ1n) is 14.8. The summed E-state index contributed by atoms with van der Waals surface area (Å²) in [6.45, 7) is 17.4. The number of ether oxygens (including phenoxy) is 1. The highest BCUT2D eigenvalue weighted by atomic mass is 16.5. The van der Waals surface area contributed by atoms with E-state index in [0.29, 0.717) is 13.0 Å². The van der Waals surface area contributed by atoms with E-state index in [1.54, 1.807) is 6.08 Å². The Labute approximate surface area is 229 Å². The van der Waals surface area contributed by atoms with Gasteiger partial charge in [-0.1, -0.05) is 54.5 Å². The average Bonchev–Trinajstić information content (AvgIpc) is 2.82. The number of Topliss-reactive ketones (excluding diaryl/α,β-unsaturated/α-hetero) is 1. The van der Waals surface area contributed by atoms with Crippen LogP contribution < -0.4 is 0 Å². The molecule has 0 amide bonds. The van der Waals surface area contributed by atoms with Gasteiger partial charge in [0.1, 0.15) is 5.78 Å². The molecule has 5 aliphatic rings. The number of esters is 1. The molecular weight excluding hydrogens is 474 g/mol. The van der Waals surface area contributed by atoms with Crippen molar-refractivity contribution in [1.82, 2.24) is 0 Å². The van der Waals surface area contributed by atoms with Gasteiger partial charge >= 0.3 is 5.97 Å². The molecule has 0 aliphatic heterocycles. The Morgan fingerprint density at radius 2 is 1.63 bits per heavy atom. The quantitative estimate of drug-likeness (QED) is 0.377. The zero-order valence-electron chi connectivity index (χ0n) is 24.8. The van der Waals surface area contributed by atoms with Crippen molar-refractivity contribution in [3.63, 3.8) is 0 Å². The summed E-state index contributed by atoms with van der Waals surface area (Å²) in [5.41, 5.74) is -1.53. The number of hydrogen-bond donors (Lipinski definition) is 0. The third-order valence-corrected chi connectivity index (χ3v) is 13.4. The SMILES string of the molecule is CC(=O)OC[C@]12CCC(C)(C)C(C#N)[C@H]1[C@H]1C(=O)CC3[C@@]4(C)C=CC(=O)C(C)(C)[C@@H]4CC[C@@]3(C)[C@]1(C)CC2. The second kappa shape index (κ2) is 8.28. The van der Waals surface area contributed by atoms with Crippen molar-refractivity contribution in [1.29, 1.82) is 5.26 Å². The zero-order valence-corrected chi connectivity index (χ0v) is 24.8. The van der Waals surface area contributed by atoms with Crippen LogP contribution in [0.3, 0.4) is 0 Å². The molecule has 38 heavy (non-hydrogen) atoms. The zero-order chi connectivity index (χ0) is 28.1. The predicted molar refractivity (Wildman–Crippen MR) is 145 cm³/mol. The molecule has 0 heterocycles. The van der Waals surface area contributed by atoms with Gasteiger partial charge in [-0.3, -0.25) is 14.4 Å². The maximum Gasteiger partial charge on any atom is 0.302 e. The third kappa shape index (κ3) is 3.37. The molecule has 9 atom stereocenters. The van der Waals surface area contributed by atoms with Crippen LogP contribution >= 0.6 is 0 Å². The van der Waals surface area contributed by atoms with Gasteiger partial charge in [-0.05, 0) is 84.0 Å². The highest BCUT2D eigenvalue weighted by Crippen LogP contribution is 2.76. The maximum atomic E-state index is 14.6. The normalized spacial score (nSPS) is 48.6. The van der Waals surface area contributed by atoms with Crippen LogP contribution in [0.5, 0.6) is 0 Å². The van der Waals surface area contributed by atoms with E-state index in [2.05, 4.69) is 60.6 Å². The number of hydrogen-bond acceptors (Lipinski definition) is 5. The summed E-state index contributed by atoms with van der Waals surface area (Å²) in [5, 5.41) is 10.6. The number of carbonyl (C=O) groups excluding carboxylic acids is 3. The van der Waals surface area contributed by atoms with Crippen molar-refractivity contribution in [2.75, 3.05) is 6.61 Å². The largest absolute Gasteiger partial charge is 0.465 e. The van der Waals surface area contributed by atoms with Gasteiger partial charge in [-0.15, -0.1) is 0 Å². The van der Waals surface area contributed by atoms with Gasteiger partial charge in [0.25, 0.3) is 0 Å². The monoisotopic (exact) mass is 521 g/mol. The maximum absolute atomic E-state index is 14.6. The summed E-state index contributed by atoms with van der Waals surface area (Å²) < 4.78 is 5.70. The molecule has 0 aromatic carbocycles. The minimum Gasteiger partial charge on any atom is -0.465 e. The number of nitriles is 1. The summed E-state index contributed by atoms with van der Waals surface area (Å²) in [6.07, 6.45) is 9.97. The second-order valence-electron chi connectivity index (χ2n) is 15.7. The number of fused-ring (bicyclic) bond motifs is 7. The molecule has 2 unspecified atom stereocenters. The van der Waals surface area contributed by atoms with E-state index in [0.717, 1.165) is 38.5 Å². The Morgan fingerprint density at radius 1 is 0.974 bits per heavy atom. The molecule has 0 bridgehead atoms. The number of nitrogens with zero attached hydrogens (tertiary/aromatic N) is 1.